The second-order valence-corrected chi connectivity index (χ2v) is 3.46. The number of hydrogen-bond acceptors (Lipinski definition) is 7. The number of hydrogen-bond donors (Lipinski definition) is 0. The molecule has 1 aromatic rings. The molecular formula is C11H10NO7-. The van der Waals surface area contributed by atoms with E-state index in [2.05, 4.69) is 0 Å². The van der Waals surface area contributed by atoms with Gasteiger partial charge >= 0.3 is 5.69 Å². The highest BCUT2D eigenvalue weighted by atomic mass is 16.6. The van der Waals surface area contributed by atoms with E-state index in [-0.39, 0.29) is 17.1 Å². The second kappa shape index (κ2) is 5.80. The van der Waals surface area contributed by atoms with Gasteiger partial charge in [-0.2, -0.15) is 0 Å². The van der Waals surface area contributed by atoms with E-state index in [0.717, 1.165) is 6.07 Å². The van der Waals surface area contributed by atoms with Crippen molar-refractivity contribution in [2.24, 2.45) is 0 Å². The zero-order chi connectivity index (χ0) is 14.6. The number of carbonyl (C=O) groups is 2. The Morgan fingerprint density at radius 2 is 1.89 bits per heavy atom. The van der Waals surface area contributed by atoms with Crippen LogP contribution in [0.25, 0.3) is 0 Å². The lowest BCUT2D eigenvalue weighted by atomic mass is 10.1. The summed E-state index contributed by atoms with van der Waals surface area (Å²) in [6.07, 6.45) is -0.868. The van der Waals surface area contributed by atoms with Gasteiger partial charge in [-0.3, -0.25) is 14.9 Å². The van der Waals surface area contributed by atoms with E-state index in [1.165, 1.54) is 20.3 Å². The van der Waals surface area contributed by atoms with Crippen LogP contribution < -0.4 is 14.6 Å². The molecule has 0 bridgehead atoms. The number of carbonyl (C=O) groups excluding carboxylic acids is 2. The summed E-state index contributed by atoms with van der Waals surface area (Å²) >= 11 is 0. The van der Waals surface area contributed by atoms with E-state index in [9.17, 15) is 24.8 Å². The quantitative estimate of drug-likeness (QED) is 0.306. The van der Waals surface area contributed by atoms with Gasteiger partial charge in [0.05, 0.1) is 25.6 Å². The van der Waals surface area contributed by atoms with Gasteiger partial charge < -0.3 is 19.4 Å². The van der Waals surface area contributed by atoms with Crippen LogP contribution in [-0.4, -0.2) is 30.9 Å². The molecule has 0 aromatic heterocycles. The van der Waals surface area contributed by atoms with Gasteiger partial charge in [-0.05, 0) is 6.07 Å². The van der Waals surface area contributed by atoms with Crippen LogP contribution in [-0.2, 0) is 4.79 Å². The lowest BCUT2D eigenvalue weighted by molar-refractivity contribution is -0.385. The Balaban J connectivity index is 3.36. The maximum absolute atomic E-state index is 11.6. The highest BCUT2D eigenvalue weighted by Crippen LogP contribution is 2.38. The molecule has 0 saturated heterocycles. The first-order valence-electron chi connectivity index (χ1n) is 5.04. The van der Waals surface area contributed by atoms with E-state index in [4.69, 9.17) is 9.47 Å². The van der Waals surface area contributed by atoms with Gasteiger partial charge in [0.2, 0.25) is 5.75 Å². The Morgan fingerprint density at radius 3 is 2.32 bits per heavy atom. The monoisotopic (exact) mass is 268 g/mol. The van der Waals surface area contributed by atoms with Gasteiger partial charge in [0, 0.05) is 17.6 Å². The van der Waals surface area contributed by atoms with Crippen molar-refractivity contribution in [1.29, 1.82) is 0 Å². The highest BCUT2D eigenvalue weighted by molar-refractivity contribution is 6.05. The molecule has 0 saturated carbocycles. The number of methoxy groups -OCH3 is 2. The second-order valence-electron chi connectivity index (χ2n) is 3.46. The number of rotatable bonds is 6. The summed E-state index contributed by atoms with van der Waals surface area (Å²) in [7, 11) is 2.46. The largest absolute Gasteiger partial charge is 0.550 e. The molecule has 102 valence electrons. The first kappa shape index (κ1) is 14.4. The fourth-order valence-electron chi connectivity index (χ4n) is 1.47. The molecule has 0 aliphatic heterocycles. The first-order chi connectivity index (χ1) is 8.90. The number of aliphatic carboxylic acids is 1. The average Bonchev–Trinajstić information content (AvgIpc) is 2.35. The van der Waals surface area contributed by atoms with Gasteiger partial charge in [0.25, 0.3) is 0 Å². The summed E-state index contributed by atoms with van der Waals surface area (Å²) in [6, 6.07) is 2.11. The van der Waals surface area contributed by atoms with Crippen molar-refractivity contribution in [2.75, 3.05) is 14.2 Å². The number of benzene rings is 1. The lowest BCUT2D eigenvalue weighted by Crippen LogP contribution is -2.25. The number of ether oxygens (including phenoxy) is 2. The van der Waals surface area contributed by atoms with Crippen LogP contribution in [0.1, 0.15) is 16.8 Å². The van der Waals surface area contributed by atoms with Crippen molar-refractivity contribution in [3.8, 4) is 11.5 Å². The zero-order valence-electron chi connectivity index (χ0n) is 10.2. The number of Topliss-reactive ketones (excluding diaryl/α,β-unsaturated/α-hetero) is 1. The van der Waals surface area contributed by atoms with Crippen molar-refractivity contribution >= 4 is 17.4 Å². The van der Waals surface area contributed by atoms with Crippen LogP contribution in [0.3, 0.4) is 0 Å². The van der Waals surface area contributed by atoms with Gasteiger partial charge in [0.15, 0.2) is 11.5 Å². The Labute approximate surface area is 107 Å². The molecule has 0 radical (unpaired) electrons. The summed E-state index contributed by atoms with van der Waals surface area (Å²) in [5, 5.41) is 21.2. The van der Waals surface area contributed by atoms with E-state index in [1.54, 1.807) is 0 Å². The molecular weight excluding hydrogens is 258 g/mol. The maximum Gasteiger partial charge on any atom is 0.315 e. The average molecular weight is 268 g/mol. The van der Waals surface area contributed by atoms with E-state index < -0.39 is 28.8 Å². The van der Waals surface area contributed by atoms with Crippen LogP contribution >= 0.6 is 0 Å². The predicted octanol–water partition coefficient (Wildman–Crippen LogP) is -0.0653. The van der Waals surface area contributed by atoms with Crippen molar-refractivity contribution < 1.29 is 29.1 Å². The van der Waals surface area contributed by atoms with Crippen molar-refractivity contribution in [2.45, 2.75) is 6.42 Å². The number of ketones is 1. The lowest BCUT2D eigenvalue weighted by Gasteiger charge is -2.10. The SMILES string of the molecule is COc1cc(C(=O)CC(=O)[O-])cc([N+](=O)[O-])c1OC. The molecule has 1 rings (SSSR count). The van der Waals surface area contributed by atoms with Gasteiger partial charge in [-0.1, -0.05) is 0 Å². The van der Waals surface area contributed by atoms with Crippen molar-refractivity contribution in [3.05, 3.63) is 27.8 Å². The predicted molar refractivity (Wildman–Crippen MR) is 60.2 cm³/mol. The molecule has 0 unspecified atom stereocenters. The van der Waals surface area contributed by atoms with E-state index in [1.807, 2.05) is 0 Å². The third-order valence-corrected chi connectivity index (χ3v) is 2.28. The third-order valence-electron chi connectivity index (χ3n) is 2.28. The number of carboxylic acid groups (broad SMARTS) is 1. The standard InChI is InChI=1S/C11H11NO7/c1-18-9-4-6(8(13)5-10(14)15)3-7(12(16)17)11(9)19-2/h3-4H,5H2,1-2H3,(H,14,15)/p-1. The molecule has 0 fully saturated rings. The van der Waals surface area contributed by atoms with Crippen molar-refractivity contribution in [3.63, 3.8) is 0 Å². The minimum atomic E-state index is -1.57. The van der Waals surface area contributed by atoms with E-state index >= 15 is 0 Å². The maximum atomic E-state index is 11.6. The minimum Gasteiger partial charge on any atom is -0.550 e. The smallest absolute Gasteiger partial charge is 0.315 e. The number of carboxylic acids is 1. The zero-order valence-corrected chi connectivity index (χ0v) is 10.2. The Kier molecular flexibility index (Phi) is 4.41. The normalized spacial score (nSPS) is 9.79. The molecule has 0 aliphatic rings. The topological polar surface area (TPSA) is 119 Å². The molecule has 0 spiro atoms. The van der Waals surface area contributed by atoms with Crippen LogP contribution in [0.4, 0.5) is 5.69 Å². The van der Waals surface area contributed by atoms with E-state index in [0.29, 0.717) is 0 Å². The molecule has 0 heterocycles. The highest BCUT2D eigenvalue weighted by Gasteiger charge is 2.23. The fraction of sp³-hybridized carbons (Fsp3) is 0.273. The number of nitro benzene ring substituents is 1. The van der Waals surface area contributed by atoms with Crippen molar-refractivity contribution in [1.82, 2.24) is 0 Å². The number of nitro groups is 1. The molecule has 0 atom stereocenters. The molecule has 8 heteroatoms. The fourth-order valence-corrected chi connectivity index (χ4v) is 1.47. The summed E-state index contributed by atoms with van der Waals surface area (Å²) < 4.78 is 9.72. The van der Waals surface area contributed by atoms with Crippen LogP contribution in [0.2, 0.25) is 0 Å². The molecule has 0 N–H and O–H groups in total. The third kappa shape index (κ3) is 3.18. The molecule has 1 aromatic carbocycles. The molecule has 19 heavy (non-hydrogen) atoms. The molecule has 8 nitrogen and oxygen atoms in total. The van der Waals surface area contributed by atoms with Crippen LogP contribution in [0.15, 0.2) is 12.1 Å². The first-order valence-corrected chi connectivity index (χ1v) is 5.04. The summed E-state index contributed by atoms with van der Waals surface area (Å²) in [6.45, 7) is 0. The molecule has 0 aliphatic carbocycles. The Hall–Kier alpha value is -2.64. The van der Waals surface area contributed by atoms with Gasteiger partial charge in [-0.25, -0.2) is 0 Å². The summed E-state index contributed by atoms with van der Waals surface area (Å²) in [5.74, 6) is -2.55. The molecule has 0 amide bonds. The van der Waals surface area contributed by atoms with Gasteiger partial charge in [-0.15, -0.1) is 0 Å². The van der Waals surface area contributed by atoms with Crippen LogP contribution in [0, 0.1) is 10.1 Å². The summed E-state index contributed by atoms with van der Waals surface area (Å²) in [5.41, 5.74) is -0.642. The Bertz CT molecular complexity index is 538. The summed E-state index contributed by atoms with van der Waals surface area (Å²) in [4.78, 5) is 32.0. The Morgan fingerprint density at radius 1 is 1.26 bits per heavy atom. The van der Waals surface area contributed by atoms with Gasteiger partial charge in [0.1, 0.15) is 0 Å². The minimum absolute atomic E-state index is 0.0293. The van der Waals surface area contributed by atoms with Crippen LogP contribution in [0.5, 0.6) is 11.5 Å². The number of nitrogens with zero attached hydrogens (tertiary/aromatic N) is 1.